The summed E-state index contributed by atoms with van der Waals surface area (Å²) in [6.07, 6.45) is 2.53. The lowest BCUT2D eigenvalue weighted by Crippen LogP contribution is -2.41. The molecule has 2 aromatic carbocycles. The third-order valence-corrected chi connectivity index (χ3v) is 4.47. The van der Waals surface area contributed by atoms with Crippen LogP contribution in [0.2, 0.25) is 0 Å². The minimum Gasteiger partial charge on any atom is -0.307 e. The maximum Gasteiger partial charge on any atom is 0.0294 e. The van der Waals surface area contributed by atoms with Gasteiger partial charge in [0.25, 0.3) is 0 Å². The third-order valence-electron chi connectivity index (χ3n) is 4.47. The van der Waals surface area contributed by atoms with Crippen LogP contribution in [0.3, 0.4) is 0 Å². The van der Waals surface area contributed by atoms with Crippen molar-refractivity contribution in [3.8, 4) is 0 Å². The fourth-order valence-electron chi connectivity index (χ4n) is 3.06. The van der Waals surface area contributed by atoms with E-state index in [1.165, 1.54) is 29.5 Å². The average Bonchev–Trinajstić information content (AvgIpc) is 2.44. The van der Waals surface area contributed by atoms with Crippen LogP contribution in [0.15, 0.2) is 54.6 Å². The van der Waals surface area contributed by atoms with Crippen LogP contribution in [-0.2, 0) is 0 Å². The molecule has 0 spiro atoms. The van der Waals surface area contributed by atoms with Gasteiger partial charge in [0.05, 0.1) is 0 Å². The molecule has 1 heteroatoms. The Hall–Kier alpha value is -1.60. The highest BCUT2D eigenvalue weighted by Crippen LogP contribution is 2.37. The predicted octanol–water partition coefficient (Wildman–Crippen LogP) is 4.59. The van der Waals surface area contributed by atoms with E-state index in [9.17, 15) is 0 Å². The second kappa shape index (κ2) is 5.80. The smallest absolute Gasteiger partial charge is 0.0294 e. The minimum absolute atomic E-state index is 0.442. The minimum atomic E-state index is 0.442. The van der Waals surface area contributed by atoms with Gasteiger partial charge < -0.3 is 5.32 Å². The molecule has 0 heterocycles. The van der Waals surface area contributed by atoms with E-state index in [0.29, 0.717) is 12.1 Å². The fraction of sp³-hybridized carbons (Fsp3) is 0.368. The molecule has 0 aromatic heterocycles. The molecule has 0 bridgehead atoms. The van der Waals surface area contributed by atoms with Crippen molar-refractivity contribution in [3.63, 3.8) is 0 Å². The molecule has 20 heavy (non-hydrogen) atoms. The van der Waals surface area contributed by atoms with Crippen molar-refractivity contribution >= 4 is 0 Å². The maximum absolute atomic E-state index is 3.75. The third kappa shape index (κ3) is 2.94. The summed E-state index contributed by atoms with van der Waals surface area (Å²) >= 11 is 0. The molecule has 1 saturated carbocycles. The largest absolute Gasteiger partial charge is 0.307 e. The van der Waals surface area contributed by atoms with Crippen LogP contribution < -0.4 is 5.32 Å². The van der Waals surface area contributed by atoms with Gasteiger partial charge >= 0.3 is 0 Å². The van der Waals surface area contributed by atoms with E-state index in [2.05, 4.69) is 73.8 Å². The van der Waals surface area contributed by atoms with Crippen molar-refractivity contribution in [3.05, 3.63) is 71.3 Å². The molecule has 1 aliphatic carbocycles. The normalized spacial score (nSPS) is 23.1. The van der Waals surface area contributed by atoms with Crippen LogP contribution in [0.25, 0.3) is 0 Å². The van der Waals surface area contributed by atoms with E-state index < -0.39 is 0 Å². The van der Waals surface area contributed by atoms with Crippen LogP contribution in [0, 0.1) is 6.92 Å². The van der Waals surface area contributed by atoms with Gasteiger partial charge in [0.1, 0.15) is 0 Å². The summed E-state index contributed by atoms with van der Waals surface area (Å²) in [4.78, 5) is 0. The highest BCUT2D eigenvalue weighted by molar-refractivity contribution is 5.25. The molecule has 1 nitrogen and oxygen atoms in total. The molecule has 2 aromatic rings. The number of hydrogen-bond acceptors (Lipinski definition) is 1. The summed E-state index contributed by atoms with van der Waals surface area (Å²) in [6.45, 7) is 4.40. The van der Waals surface area contributed by atoms with Crippen molar-refractivity contribution in [1.82, 2.24) is 5.32 Å². The summed E-state index contributed by atoms with van der Waals surface area (Å²) in [5, 5.41) is 3.75. The van der Waals surface area contributed by atoms with E-state index in [0.717, 1.165) is 5.92 Å². The van der Waals surface area contributed by atoms with Crippen LogP contribution in [-0.4, -0.2) is 6.04 Å². The first-order valence-corrected chi connectivity index (χ1v) is 7.60. The molecule has 1 aliphatic rings. The average molecular weight is 265 g/mol. The van der Waals surface area contributed by atoms with E-state index >= 15 is 0 Å². The number of nitrogens with one attached hydrogen (secondary N) is 1. The number of hydrogen-bond donors (Lipinski definition) is 1. The van der Waals surface area contributed by atoms with Crippen molar-refractivity contribution in [2.75, 3.05) is 0 Å². The van der Waals surface area contributed by atoms with Gasteiger partial charge in [0.2, 0.25) is 0 Å². The van der Waals surface area contributed by atoms with Gasteiger partial charge in [-0.2, -0.15) is 0 Å². The molecule has 1 N–H and O–H groups in total. The van der Waals surface area contributed by atoms with Crippen LogP contribution >= 0.6 is 0 Å². The van der Waals surface area contributed by atoms with Gasteiger partial charge in [-0.1, -0.05) is 60.2 Å². The van der Waals surface area contributed by atoms with Gasteiger partial charge in [-0.05, 0) is 43.7 Å². The fourth-order valence-corrected chi connectivity index (χ4v) is 3.06. The molecule has 0 unspecified atom stereocenters. The van der Waals surface area contributed by atoms with Crippen molar-refractivity contribution in [1.29, 1.82) is 0 Å². The Kier molecular flexibility index (Phi) is 3.88. The Morgan fingerprint density at radius 3 is 2.25 bits per heavy atom. The van der Waals surface area contributed by atoms with E-state index in [4.69, 9.17) is 0 Å². The Bertz CT molecular complexity index is 538. The van der Waals surface area contributed by atoms with Gasteiger partial charge in [0.15, 0.2) is 0 Å². The monoisotopic (exact) mass is 265 g/mol. The van der Waals surface area contributed by atoms with Crippen molar-refractivity contribution in [2.24, 2.45) is 0 Å². The molecule has 1 atom stereocenters. The van der Waals surface area contributed by atoms with Crippen molar-refractivity contribution < 1.29 is 0 Å². The molecule has 0 saturated heterocycles. The lowest BCUT2D eigenvalue weighted by Gasteiger charge is -2.38. The Morgan fingerprint density at radius 2 is 1.60 bits per heavy atom. The maximum atomic E-state index is 3.75. The summed E-state index contributed by atoms with van der Waals surface area (Å²) in [5.74, 6) is 0.749. The van der Waals surface area contributed by atoms with Gasteiger partial charge in [-0.15, -0.1) is 0 Å². The second-order valence-corrected chi connectivity index (χ2v) is 6.07. The molecule has 0 radical (unpaired) electrons. The number of benzene rings is 2. The lowest BCUT2D eigenvalue weighted by atomic mass is 9.75. The van der Waals surface area contributed by atoms with E-state index in [1.54, 1.807) is 0 Å². The van der Waals surface area contributed by atoms with Gasteiger partial charge in [0, 0.05) is 12.1 Å². The summed E-state index contributed by atoms with van der Waals surface area (Å²) in [7, 11) is 0. The molecular weight excluding hydrogens is 242 g/mol. The second-order valence-electron chi connectivity index (χ2n) is 6.07. The molecule has 0 amide bonds. The van der Waals surface area contributed by atoms with E-state index in [1.807, 2.05) is 0 Å². The number of rotatable bonds is 4. The predicted molar refractivity (Wildman–Crippen MR) is 84.9 cm³/mol. The standard InChI is InChI=1S/C19H23N/c1-14-8-10-16(11-9-14)15(2)20-19-12-18(13-19)17-6-4-3-5-7-17/h3-11,15,18-20H,12-13H2,1-2H3/t15-,18?,19?/m1/s1. The first kappa shape index (κ1) is 13.4. The summed E-state index contributed by atoms with van der Waals surface area (Å²) in [5.41, 5.74) is 4.21. The first-order valence-electron chi connectivity index (χ1n) is 7.60. The van der Waals surface area contributed by atoms with E-state index in [-0.39, 0.29) is 0 Å². The highest BCUT2D eigenvalue weighted by atomic mass is 15.0. The van der Waals surface area contributed by atoms with Gasteiger partial charge in [-0.3, -0.25) is 0 Å². The molecular formula is C19H23N. The molecule has 104 valence electrons. The topological polar surface area (TPSA) is 12.0 Å². The lowest BCUT2D eigenvalue weighted by molar-refractivity contribution is 0.271. The number of aryl methyl sites for hydroxylation is 1. The molecule has 1 fully saturated rings. The summed E-state index contributed by atoms with van der Waals surface area (Å²) < 4.78 is 0. The molecule has 3 rings (SSSR count). The Morgan fingerprint density at radius 1 is 0.950 bits per heavy atom. The van der Waals surface area contributed by atoms with Crippen LogP contribution in [0.4, 0.5) is 0 Å². The Balaban J connectivity index is 1.52. The summed E-state index contributed by atoms with van der Waals surface area (Å²) in [6, 6.07) is 20.9. The zero-order valence-corrected chi connectivity index (χ0v) is 12.3. The van der Waals surface area contributed by atoms with Crippen LogP contribution in [0.5, 0.6) is 0 Å². The first-order chi connectivity index (χ1) is 9.72. The van der Waals surface area contributed by atoms with Crippen molar-refractivity contribution in [2.45, 2.75) is 44.7 Å². The quantitative estimate of drug-likeness (QED) is 0.852. The SMILES string of the molecule is Cc1ccc([C@@H](C)NC2CC(c3ccccc3)C2)cc1. The van der Waals surface area contributed by atoms with Crippen LogP contribution in [0.1, 0.15) is 48.4 Å². The van der Waals surface area contributed by atoms with Gasteiger partial charge in [-0.25, -0.2) is 0 Å². The highest BCUT2D eigenvalue weighted by Gasteiger charge is 2.30. The molecule has 0 aliphatic heterocycles. The Labute approximate surface area is 122 Å². The zero-order valence-electron chi connectivity index (χ0n) is 12.3. The zero-order chi connectivity index (χ0) is 13.9.